The molecule has 0 aliphatic carbocycles. The molecule has 0 unspecified atom stereocenters. The molecule has 0 aromatic heterocycles. The molecular weight excluding hydrogens is 273 g/mol. The van der Waals surface area contributed by atoms with Crippen LogP contribution in [-0.2, 0) is 4.79 Å². The second-order valence-electron chi connectivity index (χ2n) is 1.16. The van der Waals surface area contributed by atoms with E-state index in [2.05, 4.69) is 0 Å². The molecule has 0 saturated carbocycles. The first-order chi connectivity index (χ1) is 3.97. The molecule has 0 aromatic rings. The number of rotatable bonds is 0. The summed E-state index contributed by atoms with van der Waals surface area (Å²) in [6.07, 6.45) is 0. The molecule has 0 fully saturated rings. The fourth-order valence-corrected chi connectivity index (χ4v) is 0. The molecule has 0 spiro atoms. The third-order valence-electron chi connectivity index (χ3n) is 0. The van der Waals surface area contributed by atoms with E-state index in [1.807, 2.05) is 0 Å². The minimum absolute atomic E-state index is 0.833. The zero-order valence-corrected chi connectivity index (χ0v) is 7.25. The molecule has 8 heteroatoms. The van der Waals surface area contributed by atoms with Crippen LogP contribution in [0.25, 0.3) is 0 Å². The number of carbonyl (C=O) groups is 1. The van der Waals surface area contributed by atoms with Gasteiger partial charge in [0.15, 0.2) is 0 Å². The predicted octanol–water partition coefficient (Wildman–Crippen LogP) is 1.81. The fraction of sp³-hybridized carbons (Fsp3) is 0.500. The van der Waals surface area contributed by atoms with Crippen LogP contribution in [0.3, 0.4) is 0 Å². The van der Waals surface area contributed by atoms with Gasteiger partial charge in [0.05, 0.1) is 0 Å². The van der Waals surface area contributed by atoms with E-state index in [9.17, 15) is 14.1 Å². The summed E-state index contributed by atoms with van der Waals surface area (Å²) >= 11 is -9.19. The van der Waals surface area contributed by atoms with Crippen molar-refractivity contribution >= 4 is 26.3 Å². The Morgan fingerprint density at radius 1 is 1.20 bits per heavy atom. The fourth-order valence-electron chi connectivity index (χ4n) is 0. The van der Waals surface area contributed by atoms with Gasteiger partial charge in [0.25, 0.3) is 5.97 Å². The third kappa shape index (κ3) is 100000. The molecule has 64 valence electrons. The van der Waals surface area contributed by atoms with Crippen molar-refractivity contribution < 1.29 is 24.0 Å². The van der Waals surface area contributed by atoms with Crippen molar-refractivity contribution in [1.29, 1.82) is 0 Å². The number of hydrogen-bond donors (Lipinski definition) is 1. The van der Waals surface area contributed by atoms with Gasteiger partial charge < -0.3 is 5.11 Å². The third-order valence-corrected chi connectivity index (χ3v) is 0. The monoisotopic (exact) mass is 276 g/mol. The predicted molar refractivity (Wildman–Crippen MR) is 24.6 cm³/mol. The second kappa shape index (κ2) is 3.36. The van der Waals surface area contributed by atoms with Gasteiger partial charge in [-0.2, -0.15) is 0 Å². The number of hydrogen-bond acceptors (Lipinski definition) is 1. The Morgan fingerprint density at radius 3 is 1.20 bits per heavy atom. The molecule has 0 saturated heterocycles. The molecule has 0 aliphatic heterocycles. The molecule has 10 heavy (non-hydrogen) atoms. The maximum atomic E-state index is 9.91. The maximum absolute atomic E-state index is 9.91. The molecule has 0 aliphatic rings. The van der Waals surface area contributed by atoms with Crippen LogP contribution in [-0.4, -0.2) is 31.4 Å². The van der Waals surface area contributed by atoms with Crippen LogP contribution in [0.1, 0.15) is 6.92 Å². The van der Waals surface area contributed by atoms with Crippen LogP contribution in [0.4, 0.5) is 14.1 Å². The van der Waals surface area contributed by atoms with Crippen LogP contribution in [0.15, 0.2) is 0 Å². The zero-order valence-electron chi connectivity index (χ0n) is 4.69. The van der Waals surface area contributed by atoms with Crippen molar-refractivity contribution in [2.24, 2.45) is 0 Å². The van der Waals surface area contributed by atoms with E-state index in [0.717, 1.165) is 6.92 Å². The van der Waals surface area contributed by atoms with E-state index in [1.165, 1.54) is 0 Å². The summed E-state index contributed by atoms with van der Waals surface area (Å²) in [5.74, 6) is -0.833. The Hall–Kier alpha value is -0.0618. The van der Waals surface area contributed by atoms with E-state index >= 15 is 0 Å². The Morgan fingerprint density at radius 2 is 1.20 bits per heavy atom. The average Bonchev–Trinajstić information content (AvgIpc) is 1.14. The first-order valence-electron chi connectivity index (χ1n) is 1.77. The molecule has 0 heterocycles. The molecule has 0 aromatic carbocycles. The number of aliphatic carboxylic acids is 1. The van der Waals surface area contributed by atoms with Crippen LogP contribution in [0.2, 0.25) is 0 Å². The number of carboxylic acid groups (broad SMARTS) is 1. The van der Waals surface area contributed by atoms with Crippen molar-refractivity contribution in [1.82, 2.24) is 0 Å². The summed E-state index contributed by atoms with van der Waals surface area (Å²) in [5.41, 5.74) is 0. The van der Waals surface area contributed by atoms with Gasteiger partial charge in [-0.25, -0.2) is 0 Å². The van der Waals surface area contributed by atoms with E-state index < -0.39 is 26.3 Å². The van der Waals surface area contributed by atoms with E-state index in [4.69, 9.17) is 9.90 Å². The molecule has 0 radical (unpaired) electrons. The number of halogens is 5. The Labute approximate surface area is 57.7 Å². The molecule has 0 atom stereocenters. The van der Waals surface area contributed by atoms with Gasteiger partial charge in [-0.1, -0.05) is 0 Å². The standard InChI is InChI=1S/C2H4O2.5FH.Sb/c1-2(3)4;;;;;;/h1H3,(H,3,4);5*1H;/q;;;;;;+5/p-5. The normalized spacial score (nSPS) is 14.0. The van der Waals surface area contributed by atoms with Crippen LogP contribution >= 0.6 is 0 Å². The van der Waals surface area contributed by atoms with Crippen molar-refractivity contribution in [3.05, 3.63) is 0 Å². The Bertz CT molecular complexity index is 104. The Kier molecular flexibility index (Phi) is 4.24. The molecule has 0 bridgehead atoms. The van der Waals surface area contributed by atoms with Crippen molar-refractivity contribution in [3.63, 3.8) is 0 Å². The summed E-state index contributed by atoms with van der Waals surface area (Å²) in [6.45, 7) is 1.08. The van der Waals surface area contributed by atoms with Crippen molar-refractivity contribution in [3.8, 4) is 0 Å². The van der Waals surface area contributed by atoms with E-state index in [1.54, 1.807) is 0 Å². The van der Waals surface area contributed by atoms with Gasteiger partial charge >= 0.3 is 34.4 Å². The van der Waals surface area contributed by atoms with Gasteiger partial charge in [-0.15, -0.1) is 0 Å². The summed E-state index contributed by atoms with van der Waals surface area (Å²) < 4.78 is 49.6. The topological polar surface area (TPSA) is 37.3 Å². The van der Waals surface area contributed by atoms with Crippen LogP contribution in [0.5, 0.6) is 0 Å². The summed E-state index contributed by atoms with van der Waals surface area (Å²) in [6, 6.07) is 0. The summed E-state index contributed by atoms with van der Waals surface area (Å²) in [5, 5.41) is 7.42. The Balaban J connectivity index is 0. The second-order valence-corrected chi connectivity index (χ2v) is 4.80. The quantitative estimate of drug-likeness (QED) is 0.541. The first-order valence-corrected chi connectivity index (χ1v) is 6.60. The first kappa shape index (κ1) is 12.6. The molecule has 0 amide bonds. The molecule has 2 nitrogen and oxygen atoms in total. The van der Waals surface area contributed by atoms with E-state index in [0.29, 0.717) is 0 Å². The van der Waals surface area contributed by atoms with Gasteiger partial charge in [0.2, 0.25) is 0 Å². The van der Waals surface area contributed by atoms with Gasteiger partial charge in [0.1, 0.15) is 0 Å². The SMILES string of the molecule is CC(=O)O.[F][Sb]([F])([F])([F])[F]. The van der Waals surface area contributed by atoms with Gasteiger partial charge in [-0.3, -0.25) is 4.79 Å². The summed E-state index contributed by atoms with van der Waals surface area (Å²) in [7, 11) is 0. The van der Waals surface area contributed by atoms with E-state index in [-0.39, 0.29) is 0 Å². The molecule has 1 N–H and O–H groups in total. The molecular formula is C2H4F5O2Sb. The van der Waals surface area contributed by atoms with Crippen molar-refractivity contribution in [2.75, 3.05) is 0 Å². The van der Waals surface area contributed by atoms with Gasteiger partial charge in [-0.05, 0) is 0 Å². The van der Waals surface area contributed by atoms with Crippen molar-refractivity contribution in [2.45, 2.75) is 6.92 Å². The number of carboxylic acids is 1. The molecule has 0 rings (SSSR count). The minimum atomic E-state index is -9.19. The van der Waals surface area contributed by atoms with Crippen LogP contribution in [0, 0.1) is 0 Å². The zero-order chi connectivity index (χ0) is 9.02. The average molecular weight is 277 g/mol. The van der Waals surface area contributed by atoms with Gasteiger partial charge in [0, 0.05) is 6.92 Å². The van der Waals surface area contributed by atoms with Crippen LogP contribution < -0.4 is 0 Å². The summed E-state index contributed by atoms with van der Waals surface area (Å²) in [4.78, 5) is 9.00.